The Balaban J connectivity index is 1.73. The number of carbonyl (C=O) groups is 2. The third kappa shape index (κ3) is 4.38. The van der Waals surface area contributed by atoms with E-state index in [0.29, 0.717) is 24.2 Å². The van der Waals surface area contributed by atoms with E-state index < -0.39 is 0 Å². The number of hydrogen-bond donors (Lipinski definition) is 2. The van der Waals surface area contributed by atoms with Crippen LogP contribution >= 0.6 is 0 Å². The van der Waals surface area contributed by atoms with Crippen molar-refractivity contribution in [3.05, 3.63) is 59.7 Å². The third-order valence-corrected chi connectivity index (χ3v) is 2.79. The van der Waals surface area contributed by atoms with Crippen molar-refractivity contribution in [3.8, 4) is 0 Å². The Hall–Kier alpha value is -2.76. The first-order valence-electron chi connectivity index (χ1n) is 6.56. The van der Waals surface area contributed by atoms with Crippen LogP contribution in [-0.4, -0.2) is 34.9 Å². The average Bonchev–Trinajstić information content (AvgIpc) is 2.52. The lowest BCUT2D eigenvalue weighted by molar-refractivity contribution is 0.0927. The molecule has 0 spiro atoms. The number of hydrogen-bond acceptors (Lipinski definition) is 4. The minimum absolute atomic E-state index is 0.210. The standard InChI is InChI=1S/C15H16N4O2/c1-11-4-5-13(10-19-11)15(21)18-8-7-17-14(20)12-3-2-6-16-9-12/h2-6,9-10H,7-8H2,1H3,(H,17,20)(H,18,21). The fourth-order valence-electron chi connectivity index (χ4n) is 1.66. The van der Waals surface area contributed by atoms with Crippen molar-refractivity contribution in [1.82, 2.24) is 20.6 Å². The molecular weight excluding hydrogens is 268 g/mol. The molecule has 0 saturated carbocycles. The topological polar surface area (TPSA) is 84.0 Å². The SMILES string of the molecule is Cc1ccc(C(=O)NCCNC(=O)c2cccnc2)cn1. The van der Waals surface area contributed by atoms with Crippen molar-refractivity contribution < 1.29 is 9.59 Å². The van der Waals surface area contributed by atoms with Crippen LogP contribution in [0.3, 0.4) is 0 Å². The first-order valence-corrected chi connectivity index (χ1v) is 6.56. The largest absolute Gasteiger partial charge is 0.350 e. The molecule has 2 amide bonds. The van der Waals surface area contributed by atoms with Crippen LogP contribution in [0.25, 0.3) is 0 Å². The summed E-state index contributed by atoms with van der Waals surface area (Å²) in [5, 5.41) is 5.42. The van der Waals surface area contributed by atoms with Gasteiger partial charge in [0.1, 0.15) is 0 Å². The molecule has 2 aromatic heterocycles. The molecule has 0 aromatic carbocycles. The van der Waals surface area contributed by atoms with Gasteiger partial charge in [-0.1, -0.05) is 0 Å². The van der Waals surface area contributed by atoms with Crippen molar-refractivity contribution in [2.45, 2.75) is 6.92 Å². The number of nitrogens with zero attached hydrogens (tertiary/aromatic N) is 2. The zero-order valence-corrected chi connectivity index (χ0v) is 11.7. The highest BCUT2D eigenvalue weighted by Crippen LogP contribution is 1.98. The van der Waals surface area contributed by atoms with Gasteiger partial charge in [-0.25, -0.2) is 0 Å². The fraction of sp³-hybridized carbons (Fsp3) is 0.200. The number of nitrogens with one attached hydrogen (secondary N) is 2. The molecular formula is C15H16N4O2. The van der Waals surface area contributed by atoms with Gasteiger partial charge in [-0.05, 0) is 31.2 Å². The lowest BCUT2D eigenvalue weighted by atomic mass is 10.2. The quantitative estimate of drug-likeness (QED) is 0.800. The highest BCUT2D eigenvalue weighted by Gasteiger charge is 2.06. The zero-order chi connectivity index (χ0) is 15.1. The molecule has 0 unspecified atom stereocenters. The summed E-state index contributed by atoms with van der Waals surface area (Å²) in [6, 6.07) is 6.87. The van der Waals surface area contributed by atoms with Crippen molar-refractivity contribution in [2.24, 2.45) is 0 Å². The summed E-state index contributed by atoms with van der Waals surface area (Å²) < 4.78 is 0. The van der Waals surface area contributed by atoms with E-state index in [-0.39, 0.29) is 11.8 Å². The van der Waals surface area contributed by atoms with Gasteiger partial charge in [-0.15, -0.1) is 0 Å². The van der Waals surface area contributed by atoms with E-state index in [1.807, 2.05) is 6.92 Å². The van der Waals surface area contributed by atoms with Crippen molar-refractivity contribution in [3.63, 3.8) is 0 Å². The Morgan fingerprint density at radius 1 is 1.00 bits per heavy atom. The maximum absolute atomic E-state index is 11.8. The predicted molar refractivity (Wildman–Crippen MR) is 77.9 cm³/mol. The van der Waals surface area contributed by atoms with Gasteiger partial charge in [0.25, 0.3) is 11.8 Å². The molecule has 0 radical (unpaired) electrons. The van der Waals surface area contributed by atoms with E-state index in [0.717, 1.165) is 5.69 Å². The van der Waals surface area contributed by atoms with Crippen LogP contribution in [0.15, 0.2) is 42.9 Å². The van der Waals surface area contributed by atoms with E-state index in [1.54, 1.807) is 30.5 Å². The van der Waals surface area contributed by atoms with Crippen molar-refractivity contribution >= 4 is 11.8 Å². The molecule has 2 heterocycles. The Labute approximate surface area is 122 Å². The molecule has 108 valence electrons. The fourth-order valence-corrected chi connectivity index (χ4v) is 1.66. The van der Waals surface area contributed by atoms with E-state index in [1.165, 1.54) is 12.4 Å². The summed E-state index contributed by atoms with van der Waals surface area (Å²) in [6.45, 7) is 2.55. The van der Waals surface area contributed by atoms with Crippen LogP contribution in [0, 0.1) is 6.92 Å². The first kappa shape index (κ1) is 14.6. The van der Waals surface area contributed by atoms with Crippen LogP contribution in [0.5, 0.6) is 0 Å². The molecule has 6 heteroatoms. The molecule has 2 rings (SSSR count). The van der Waals surface area contributed by atoms with Crippen molar-refractivity contribution in [2.75, 3.05) is 13.1 Å². The van der Waals surface area contributed by atoms with E-state index in [2.05, 4.69) is 20.6 Å². The third-order valence-electron chi connectivity index (χ3n) is 2.79. The summed E-state index contributed by atoms with van der Waals surface area (Å²) >= 11 is 0. The van der Waals surface area contributed by atoms with Gasteiger partial charge in [0.15, 0.2) is 0 Å². The molecule has 0 fully saturated rings. The Morgan fingerprint density at radius 2 is 1.67 bits per heavy atom. The minimum Gasteiger partial charge on any atom is -0.350 e. The van der Waals surface area contributed by atoms with Gasteiger partial charge >= 0.3 is 0 Å². The zero-order valence-electron chi connectivity index (χ0n) is 11.7. The van der Waals surface area contributed by atoms with E-state index in [4.69, 9.17) is 0 Å². The molecule has 21 heavy (non-hydrogen) atoms. The molecule has 0 aliphatic rings. The number of aromatic nitrogens is 2. The molecule has 0 aliphatic heterocycles. The van der Waals surface area contributed by atoms with Crippen LogP contribution in [0.2, 0.25) is 0 Å². The van der Waals surface area contributed by atoms with Gasteiger partial charge < -0.3 is 10.6 Å². The molecule has 0 saturated heterocycles. The summed E-state index contributed by atoms with van der Waals surface area (Å²) in [7, 11) is 0. The van der Waals surface area contributed by atoms with E-state index >= 15 is 0 Å². The van der Waals surface area contributed by atoms with Crippen LogP contribution < -0.4 is 10.6 Å². The Bertz CT molecular complexity index is 611. The molecule has 0 bridgehead atoms. The van der Waals surface area contributed by atoms with Crippen LogP contribution in [0.1, 0.15) is 26.4 Å². The lowest BCUT2D eigenvalue weighted by Crippen LogP contribution is -2.34. The summed E-state index contributed by atoms with van der Waals surface area (Å²) in [5.74, 6) is -0.424. The number of pyridine rings is 2. The number of amides is 2. The lowest BCUT2D eigenvalue weighted by Gasteiger charge is -2.07. The second-order valence-corrected chi connectivity index (χ2v) is 4.44. The van der Waals surface area contributed by atoms with Crippen LogP contribution in [0.4, 0.5) is 0 Å². The summed E-state index contributed by atoms with van der Waals surface area (Å²) in [4.78, 5) is 31.5. The summed E-state index contributed by atoms with van der Waals surface area (Å²) in [5.41, 5.74) is 1.85. The molecule has 2 aromatic rings. The monoisotopic (exact) mass is 284 g/mol. The molecule has 2 N–H and O–H groups in total. The smallest absolute Gasteiger partial charge is 0.252 e. The second-order valence-electron chi connectivity index (χ2n) is 4.44. The Kier molecular flexibility index (Phi) is 4.98. The number of rotatable bonds is 5. The molecule has 0 aliphatic carbocycles. The normalized spacial score (nSPS) is 9.95. The van der Waals surface area contributed by atoms with Gasteiger partial charge in [0, 0.05) is 37.4 Å². The van der Waals surface area contributed by atoms with Gasteiger partial charge in [0.05, 0.1) is 11.1 Å². The predicted octanol–water partition coefficient (Wildman–Crippen LogP) is 0.945. The first-order chi connectivity index (χ1) is 10.2. The number of carbonyl (C=O) groups excluding carboxylic acids is 2. The maximum Gasteiger partial charge on any atom is 0.252 e. The van der Waals surface area contributed by atoms with Crippen molar-refractivity contribution in [1.29, 1.82) is 0 Å². The molecule has 6 nitrogen and oxygen atoms in total. The van der Waals surface area contributed by atoms with Gasteiger partial charge in [0.2, 0.25) is 0 Å². The minimum atomic E-state index is -0.214. The van der Waals surface area contributed by atoms with E-state index in [9.17, 15) is 9.59 Å². The average molecular weight is 284 g/mol. The summed E-state index contributed by atoms with van der Waals surface area (Å²) in [6.07, 6.45) is 4.62. The molecule has 0 atom stereocenters. The highest BCUT2D eigenvalue weighted by atomic mass is 16.2. The highest BCUT2D eigenvalue weighted by molar-refractivity contribution is 5.94. The second kappa shape index (κ2) is 7.14. The van der Waals surface area contributed by atoms with Crippen LogP contribution in [-0.2, 0) is 0 Å². The maximum atomic E-state index is 11.8. The van der Waals surface area contributed by atoms with Gasteiger partial charge in [-0.3, -0.25) is 19.6 Å². The van der Waals surface area contributed by atoms with Gasteiger partial charge in [-0.2, -0.15) is 0 Å². The number of aryl methyl sites for hydroxylation is 1. The Morgan fingerprint density at radius 3 is 2.19 bits per heavy atom.